The molecule has 4 heterocycles. The van der Waals surface area contributed by atoms with Gasteiger partial charge in [-0.2, -0.15) is 5.10 Å². The summed E-state index contributed by atoms with van der Waals surface area (Å²) < 4.78 is 7.78. The van der Waals surface area contributed by atoms with Crippen molar-refractivity contribution in [2.75, 3.05) is 13.1 Å². The predicted molar refractivity (Wildman–Crippen MR) is 121 cm³/mol. The Labute approximate surface area is 185 Å². The van der Waals surface area contributed by atoms with Gasteiger partial charge in [-0.25, -0.2) is 9.97 Å². The summed E-state index contributed by atoms with van der Waals surface area (Å²) in [6.07, 6.45) is 10.9. The number of benzene rings is 1. The Kier molecular flexibility index (Phi) is 5.60. The zero-order chi connectivity index (χ0) is 21.9. The number of carbonyl (C=O) groups excluding carboxylic acids is 1. The molecule has 1 aliphatic heterocycles. The van der Waals surface area contributed by atoms with Crippen molar-refractivity contribution in [3.63, 3.8) is 0 Å². The topological polar surface area (TPSA) is 94.8 Å². The van der Waals surface area contributed by atoms with Crippen LogP contribution in [0.4, 0.5) is 0 Å². The molecule has 4 aromatic rings. The summed E-state index contributed by atoms with van der Waals surface area (Å²) in [6, 6.07) is 7.76. The van der Waals surface area contributed by atoms with Gasteiger partial charge in [0.15, 0.2) is 5.78 Å². The normalized spacial score (nSPS) is 14.5. The van der Waals surface area contributed by atoms with Crippen molar-refractivity contribution in [3.05, 3.63) is 66.6 Å². The van der Waals surface area contributed by atoms with E-state index in [2.05, 4.69) is 25.4 Å². The van der Waals surface area contributed by atoms with Gasteiger partial charge in [-0.15, -0.1) is 0 Å². The minimum absolute atomic E-state index is 0.0870. The number of Topliss-reactive ketones (excluding diaryl/α,β-unsaturated/α-hetero) is 1. The summed E-state index contributed by atoms with van der Waals surface area (Å²) in [5.41, 5.74) is 3.34. The van der Waals surface area contributed by atoms with Gasteiger partial charge < -0.3 is 10.1 Å². The van der Waals surface area contributed by atoms with Gasteiger partial charge in [0.1, 0.15) is 17.7 Å². The summed E-state index contributed by atoms with van der Waals surface area (Å²) in [6.45, 7) is 1.89. The first-order valence-electron chi connectivity index (χ1n) is 10.7. The molecule has 32 heavy (non-hydrogen) atoms. The molecule has 8 nitrogen and oxygen atoms in total. The van der Waals surface area contributed by atoms with Crippen LogP contribution in [0.15, 0.2) is 55.2 Å². The van der Waals surface area contributed by atoms with E-state index >= 15 is 0 Å². The van der Waals surface area contributed by atoms with E-state index in [1.165, 1.54) is 0 Å². The van der Waals surface area contributed by atoms with E-state index in [1.54, 1.807) is 29.3 Å². The molecule has 5 rings (SSSR count). The van der Waals surface area contributed by atoms with Crippen molar-refractivity contribution in [3.8, 4) is 16.9 Å². The first kappa shape index (κ1) is 20.3. The maximum atomic E-state index is 12.9. The highest BCUT2D eigenvalue weighted by atomic mass is 16.5. The van der Waals surface area contributed by atoms with Gasteiger partial charge in [0.25, 0.3) is 0 Å². The van der Waals surface area contributed by atoms with Crippen molar-refractivity contribution >= 4 is 16.7 Å². The lowest BCUT2D eigenvalue weighted by Gasteiger charge is -2.23. The van der Waals surface area contributed by atoms with E-state index in [0.717, 1.165) is 48.0 Å². The summed E-state index contributed by atoms with van der Waals surface area (Å²) in [7, 11) is 1.89. The number of aromatic nitrogens is 5. The fourth-order valence-corrected chi connectivity index (χ4v) is 3.88. The largest absolute Gasteiger partial charge is 0.489 e. The van der Waals surface area contributed by atoms with Crippen LogP contribution >= 0.6 is 0 Å². The third-order valence-electron chi connectivity index (χ3n) is 5.61. The fraction of sp³-hybridized carbons (Fsp3) is 0.292. The van der Waals surface area contributed by atoms with Crippen LogP contribution in [0.1, 0.15) is 29.0 Å². The summed E-state index contributed by atoms with van der Waals surface area (Å²) in [4.78, 5) is 26.1. The second kappa shape index (κ2) is 8.84. The number of hydrogen-bond acceptors (Lipinski definition) is 7. The highest BCUT2D eigenvalue weighted by Gasteiger charge is 2.16. The maximum Gasteiger partial charge on any atom is 0.172 e. The van der Waals surface area contributed by atoms with Gasteiger partial charge >= 0.3 is 0 Å². The second-order valence-corrected chi connectivity index (χ2v) is 8.04. The minimum Gasteiger partial charge on any atom is -0.489 e. The van der Waals surface area contributed by atoms with E-state index in [1.807, 2.05) is 37.6 Å². The summed E-state index contributed by atoms with van der Waals surface area (Å²) in [5, 5.41) is 8.47. The van der Waals surface area contributed by atoms with Gasteiger partial charge in [-0.05, 0) is 43.6 Å². The number of carbonyl (C=O) groups is 1. The summed E-state index contributed by atoms with van der Waals surface area (Å²) >= 11 is 0. The molecule has 1 aromatic carbocycles. The maximum absolute atomic E-state index is 12.9. The van der Waals surface area contributed by atoms with E-state index < -0.39 is 0 Å². The number of nitrogens with one attached hydrogen (secondary N) is 1. The molecule has 0 bridgehead atoms. The van der Waals surface area contributed by atoms with Crippen molar-refractivity contribution in [1.82, 2.24) is 30.0 Å². The molecule has 8 heteroatoms. The van der Waals surface area contributed by atoms with Crippen LogP contribution in [0.2, 0.25) is 0 Å². The molecule has 0 atom stereocenters. The first-order chi connectivity index (χ1) is 15.6. The van der Waals surface area contributed by atoms with Crippen molar-refractivity contribution < 1.29 is 9.53 Å². The lowest BCUT2D eigenvalue weighted by Crippen LogP contribution is -2.34. The molecule has 0 saturated carbocycles. The number of rotatable bonds is 6. The smallest absolute Gasteiger partial charge is 0.172 e. The third kappa shape index (κ3) is 4.50. The van der Waals surface area contributed by atoms with E-state index in [4.69, 9.17) is 4.74 Å². The molecule has 0 aliphatic carbocycles. The van der Waals surface area contributed by atoms with Crippen molar-refractivity contribution in [1.29, 1.82) is 0 Å². The van der Waals surface area contributed by atoms with Crippen LogP contribution < -0.4 is 10.1 Å². The van der Waals surface area contributed by atoms with Crippen molar-refractivity contribution in [2.24, 2.45) is 7.05 Å². The van der Waals surface area contributed by atoms with Gasteiger partial charge in [-0.3, -0.25) is 14.5 Å². The van der Waals surface area contributed by atoms with Crippen LogP contribution in [0, 0.1) is 0 Å². The van der Waals surface area contributed by atoms with Crippen LogP contribution in [-0.4, -0.2) is 49.7 Å². The number of pyridine rings is 1. The Bertz CT molecular complexity index is 1260. The van der Waals surface area contributed by atoms with Gasteiger partial charge in [-0.1, -0.05) is 12.1 Å². The molecule has 0 amide bonds. The standard InChI is InChI=1S/C24H24N6O2/c1-30-15-19(13-28-30)16-2-3-17-12-27-24(29-22(17)9-16)10-23(31)18-8-21(14-26-11-18)32-20-4-6-25-7-5-20/h2-3,8-9,11-15,20,25H,4-7,10H2,1H3. The number of fused-ring (bicyclic) bond motifs is 1. The quantitative estimate of drug-likeness (QED) is 0.472. The Morgan fingerprint density at radius 3 is 2.81 bits per heavy atom. The number of piperidine rings is 1. The van der Waals surface area contributed by atoms with Crippen LogP contribution in [-0.2, 0) is 13.5 Å². The Hall–Kier alpha value is -3.65. The first-order valence-corrected chi connectivity index (χ1v) is 10.7. The van der Waals surface area contributed by atoms with Gasteiger partial charge in [0.2, 0.25) is 0 Å². The minimum atomic E-state index is -0.0870. The molecule has 1 fully saturated rings. The predicted octanol–water partition coefficient (Wildman–Crippen LogP) is 2.98. The van der Waals surface area contributed by atoms with Crippen LogP contribution in [0.25, 0.3) is 22.0 Å². The van der Waals surface area contributed by atoms with Gasteiger partial charge in [0.05, 0.1) is 24.3 Å². The average molecular weight is 428 g/mol. The Morgan fingerprint density at radius 1 is 1.12 bits per heavy atom. The molecule has 0 spiro atoms. The monoisotopic (exact) mass is 428 g/mol. The number of ether oxygens (including phenoxy) is 1. The van der Waals surface area contributed by atoms with Crippen LogP contribution in [0.5, 0.6) is 5.75 Å². The van der Waals surface area contributed by atoms with E-state index in [0.29, 0.717) is 17.1 Å². The zero-order valence-corrected chi connectivity index (χ0v) is 17.9. The SMILES string of the molecule is Cn1cc(-c2ccc3cnc(CC(=O)c4cncc(OC5CCNCC5)c4)nc3c2)cn1. The van der Waals surface area contributed by atoms with Gasteiger partial charge in [0, 0.05) is 42.2 Å². The molecule has 3 aromatic heterocycles. The molecule has 1 N–H and O–H groups in total. The van der Waals surface area contributed by atoms with Crippen LogP contribution in [0.3, 0.4) is 0 Å². The number of hydrogen-bond donors (Lipinski definition) is 1. The third-order valence-corrected chi connectivity index (χ3v) is 5.61. The fourth-order valence-electron chi connectivity index (χ4n) is 3.88. The molecule has 1 saturated heterocycles. The lowest BCUT2D eigenvalue weighted by molar-refractivity contribution is 0.0989. The molecule has 0 radical (unpaired) electrons. The summed E-state index contributed by atoms with van der Waals surface area (Å²) in [5.74, 6) is 1.02. The highest BCUT2D eigenvalue weighted by Crippen LogP contribution is 2.23. The Balaban J connectivity index is 1.33. The molecule has 162 valence electrons. The molecule has 1 aliphatic rings. The number of ketones is 1. The molecular formula is C24H24N6O2. The molecular weight excluding hydrogens is 404 g/mol. The van der Waals surface area contributed by atoms with E-state index in [9.17, 15) is 4.79 Å². The number of nitrogens with zero attached hydrogens (tertiary/aromatic N) is 5. The molecule has 0 unspecified atom stereocenters. The highest BCUT2D eigenvalue weighted by molar-refractivity contribution is 5.97. The number of aryl methyl sites for hydroxylation is 1. The second-order valence-electron chi connectivity index (χ2n) is 8.04. The zero-order valence-electron chi connectivity index (χ0n) is 17.9. The van der Waals surface area contributed by atoms with Crippen molar-refractivity contribution in [2.45, 2.75) is 25.4 Å². The average Bonchev–Trinajstić information content (AvgIpc) is 3.26. The lowest BCUT2D eigenvalue weighted by atomic mass is 10.1. The van der Waals surface area contributed by atoms with E-state index in [-0.39, 0.29) is 18.3 Å². The Morgan fingerprint density at radius 2 is 2.00 bits per heavy atom.